The molecule has 2 aromatic rings. The number of halogens is 1. The van der Waals surface area contributed by atoms with Crippen molar-refractivity contribution in [3.05, 3.63) is 57.1 Å². The molecule has 0 fully saturated rings. The van der Waals surface area contributed by atoms with Crippen molar-refractivity contribution in [2.45, 2.75) is 0 Å². The Hall–Kier alpha value is -2.66. The van der Waals surface area contributed by atoms with E-state index in [-0.39, 0.29) is 17.1 Å². The first-order chi connectivity index (χ1) is 12.6. The fourth-order valence-electron chi connectivity index (χ4n) is 2.23. The maximum absolute atomic E-state index is 12.3. The minimum absolute atomic E-state index is 0.0856. The molecule has 0 spiro atoms. The summed E-state index contributed by atoms with van der Waals surface area (Å²) >= 11 is 3.27. The maximum Gasteiger partial charge on any atom is 0.271 e. The fraction of sp³-hybridized carbons (Fsp3) is 0.188. The lowest BCUT2D eigenvalue weighted by Crippen LogP contribution is -2.37. The molecule has 9 nitrogen and oxygen atoms in total. The van der Waals surface area contributed by atoms with E-state index in [1.54, 1.807) is 24.3 Å². The lowest BCUT2D eigenvalue weighted by atomic mass is 10.2. The van der Waals surface area contributed by atoms with Crippen molar-refractivity contribution in [1.29, 1.82) is 0 Å². The second-order valence-electron chi connectivity index (χ2n) is 5.44. The van der Waals surface area contributed by atoms with Gasteiger partial charge in [-0.05, 0) is 30.3 Å². The van der Waals surface area contributed by atoms with Crippen LogP contribution in [-0.2, 0) is 14.8 Å². The summed E-state index contributed by atoms with van der Waals surface area (Å²) < 4.78 is 31.1. The number of nitrogens with one attached hydrogen (secondary N) is 1. The van der Waals surface area contributed by atoms with E-state index in [9.17, 15) is 23.3 Å². The zero-order valence-corrected chi connectivity index (χ0v) is 16.8. The van der Waals surface area contributed by atoms with Crippen LogP contribution >= 0.6 is 15.9 Å². The molecule has 0 aliphatic rings. The van der Waals surface area contributed by atoms with Gasteiger partial charge in [0.25, 0.3) is 5.69 Å². The molecule has 0 aromatic heterocycles. The minimum Gasteiger partial charge on any atom is -0.495 e. The average Bonchev–Trinajstić information content (AvgIpc) is 2.60. The molecule has 2 aromatic carbocycles. The van der Waals surface area contributed by atoms with Crippen LogP contribution in [0.2, 0.25) is 0 Å². The summed E-state index contributed by atoms with van der Waals surface area (Å²) in [5.41, 5.74) is 0.0515. The number of carbonyl (C=O) groups excluding carboxylic acids is 1. The number of nitro benzene ring substituents is 1. The Kier molecular flexibility index (Phi) is 6.39. The number of non-ortho nitro benzene ring substituents is 1. The number of amides is 1. The smallest absolute Gasteiger partial charge is 0.271 e. The van der Waals surface area contributed by atoms with Gasteiger partial charge in [-0.1, -0.05) is 15.9 Å². The molecule has 0 bridgehead atoms. The molecule has 27 heavy (non-hydrogen) atoms. The Bertz CT molecular complexity index is 963. The summed E-state index contributed by atoms with van der Waals surface area (Å²) in [5.74, 6) is -0.529. The average molecular weight is 458 g/mol. The van der Waals surface area contributed by atoms with Crippen LogP contribution in [0.1, 0.15) is 0 Å². The van der Waals surface area contributed by atoms with Crippen molar-refractivity contribution >= 4 is 48.9 Å². The summed E-state index contributed by atoms with van der Waals surface area (Å²) in [4.78, 5) is 22.7. The van der Waals surface area contributed by atoms with E-state index in [2.05, 4.69) is 21.2 Å². The van der Waals surface area contributed by atoms with Gasteiger partial charge in [-0.15, -0.1) is 0 Å². The van der Waals surface area contributed by atoms with E-state index in [1.807, 2.05) is 0 Å². The first kappa shape index (κ1) is 20.6. The molecule has 0 saturated heterocycles. The van der Waals surface area contributed by atoms with E-state index >= 15 is 0 Å². The van der Waals surface area contributed by atoms with Gasteiger partial charge in [0, 0.05) is 22.3 Å². The summed E-state index contributed by atoms with van der Waals surface area (Å²) in [6.07, 6.45) is 0.901. The normalized spacial score (nSPS) is 10.9. The van der Waals surface area contributed by atoms with Crippen LogP contribution in [0.5, 0.6) is 5.75 Å². The number of carbonyl (C=O) groups is 1. The Morgan fingerprint density at radius 2 is 1.89 bits per heavy atom. The van der Waals surface area contributed by atoms with E-state index < -0.39 is 27.4 Å². The van der Waals surface area contributed by atoms with Crippen molar-refractivity contribution in [2.75, 3.05) is 29.5 Å². The number of benzene rings is 2. The number of hydrogen-bond acceptors (Lipinski definition) is 6. The van der Waals surface area contributed by atoms with E-state index in [0.29, 0.717) is 5.69 Å². The third-order valence-electron chi connectivity index (χ3n) is 3.46. The Morgan fingerprint density at radius 1 is 1.26 bits per heavy atom. The zero-order valence-electron chi connectivity index (χ0n) is 14.4. The van der Waals surface area contributed by atoms with Crippen LogP contribution in [0.4, 0.5) is 17.1 Å². The molecular formula is C16H16BrN3O6S. The van der Waals surface area contributed by atoms with Crippen molar-refractivity contribution in [2.24, 2.45) is 0 Å². The molecule has 11 heteroatoms. The highest BCUT2D eigenvalue weighted by Crippen LogP contribution is 2.33. The van der Waals surface area contributed by atoms with Crippen molar-refractivity contribution in [3.63, 3.8) is 0 Å². The van der Waals surface area contributed by atoms with Gasteiger partial charge in [0.1, 0.15) is 18.0 Å². The monoisotopic (exact) mass is 457 g/mol. The highest BCUT2D eigenvalue weighted by atomic mass is 79.9. The van der Waals surface area contributed by atoms with E-state index in [1.165, 1.54) is 19.2 Å². The topological polar surface area (TPSA) is 119 Å². The van der Waals surface area contributed by atoms with Gasteiger partial charge in [0.2, 0.25) is 15.9 Å². The maximum atomic E-state index is 12.3. The van der Waals surface area contributed by atoms with Crippen LogP contribution < -0.4 is 14.4 Å². The predicted molar refractivity (Wildman–Crippen MR) is 105 cm³/mol. The zero-order chi connectivity index (χ0) is 20.2. The van der Waals surface area contributed by atoms with Crippen molar-refractivity contribution < 1.29 is 22.9 Å². The number of rotatable bonds is 7. The summed E-state index contributed by atoms with van der Waals surface area (Å²) in [7, 11) is -2.63. The second kappa shape index (κ2) is 8.35. The Labute approximate surface area is 164 Å². The summed E-state index contributed by atoms with van der Waals surface area (Å²) in [6.45, 7) is -0.577. The summed E-state index contributed by atoms with van der Waals surface area (Å²) in [5, 5.41) is 13.6. The van der Waals surface area contributed by atoms with Gasteiger partial charge in [-0.2, -0.15) is 0 Å². The molecular weight excluding hydrogens is 442 g/mol. The van der Waals surface area contributed by atoms with Crippen LogP contribution in [0.25, 0.3) is 0 Å². The number of ether oxygens (including phenoxy) is 1. The lowest BCUT2D eigenvalue weighted by molar-refractivity contribution is -0.384. The fourth-order valence-corrected chi connectivity index (χ4v) is 3.35. The SMILES string of the molecule is COc1ccc([N+](=O)[O-])cc1N(CC(=O)Nc1ccc(Br)cc1)S(C)(=O)=O. The molecule has 0 aliphatic heterocycles. The lowest BCUT2D eigenvalue weighted by Gasteiger charge is -2.23. The largest absolute Gasteiger partial charge is 0.495 e. The number of hydrogen-bond donors (Lipinski definition) is 1. The van der Waals surface area contributed by atoms with Gasteiger partial charge in [-0.3, -0.25) is 19.2 Å². The number of anilines is 2. The first-order valence-electron chi connectivity index (χ1n) is 7.47. The number of methoxy groups -OCH3 is 1. The van der Waals surface area contributed by atoms with Gasteiger partial charge in [0.05, 0.1) is 18.3 Å². The molecule has 144 valence electrons. The van der Waals surface area contributed by atoms with Gasteiger partial charge < -0.3 is 10.1 Å². The van der Waals surface area contributed by atoms with Crippen LogP contribution in [0.3, 0.4) is 0 Å². The summed E-state index contributed by atoms with van der Waals surface area (Å²) in [6, 6.07) is 10.2. The Balaban J connectivity index is 2.36. The minimum atomic E-state index is -3.92. The van der Waals surface area contributed by atoms with Crippen LogP contribution in [-0.4, -0.2) is 39.2 Å². The molecule has 2 rings (SSSR count). The predicted octanol–water partition coefficient (Wildman–Crippen LogP) is 2.77. The molecule has 0 radical (unpaired) electrons. The van der Waals surface area contributed by atoms with Crippen molar-refractivity contribution in [3.8, 4) is 5.75 Å². The first-order valence-corrected chi connectivity index (χ1v) is 10.1. The third-order valence-corrected chi connectivity index (χ3v) is 5.11. The molecule has 0 saturated carbocycles. The highest BCUT2D eigenvalue weighted by molar-refractivity contribution is 9.10. The van der Waals surface area contributed by atoms with Gasteiger partial charge >= 0.3 is 0 Å². The Morgan fingerprint density at radius 3 is 2.41 bits per heavy atom. The molecule has 0 unspecified atom stereocenters. The molecule has 1 amide bonds. The van der Waals surface area contributed by atoms with Crippen LogP contribution in [0, 0.1) is 10.1 Å². The molecule has 0 atom stereocenters. The van der Waals surface area contributed by atoms with Crippen LogP contribution in [0.15, 0.2) is 46.9 Å². The highest BCUT2D eigenvalue weighted by Gasteiger charge is 2.26. The number of sulfonamides is 1. The van der Waals surface area contributed by atoms with E-state index in [4.69, 9.17) is 4.74 Å². The number of nitro groups is 1. The molecule has 0 aliphatic carbocycles. The molecule has 0 heterocycles. The quantitative estimate of drug-likeness (QED) is 0.504. The number of nitrogens with zero attached hydrogens (tertiary/aromatic N) is 2. The molecule has 1 N–H and O–H groups in total. The van der Waals surface area contributed by atoms with Gasteiger partial charge in [-0.25, -0.2) is 8.42 Å². The van der Waals surface area contributed by atoms with Crippen molar-refractivity contribution in [1.82, 2.24) is 0 Å². The van der Waals surface area contributed by atoms with Gasteiger partial charge in [0.15, 0.2) is 0 Å². The standard InChI is InChI=1S/C16H16BrN3O6S/c1-26-15-8-7-13(20(22)23)9-14(15)19(27(2,24)25)10-16(21)18-12-5-3-11(17)4-6-12/h3-9H,10H2,1-2H3,(H,18,21). The second-order valence-corrected chi connectivity index (χ2v) is 8.26. The van der Waals surface area contributed by atoms with E-state index in [0.717, 1.165) is 21.1 Å². The third kappa shape index (κ3) is 5.41.